The molecule has 0 aromatic heterocycles. The first-order valence-corrected chi connectivity index (χ1v) is 4.46. The van der Waals surface area contributed by atoms with Crippen LogP contribution in [0.4, 0.5) is 0 Å². The molecular weight excluding hydrogens is 162 g/mol. The number of aliphatic imine (C=N–C) groups is 1. The van der Waals surface area contributed by atoms with Crippen LogP contribution in [0.2, 0.25) is 0 Å². The average Bonchev–Trinajstić information content (AvgIpc) is 2.13. The van der Waals surface area contributed by atoms with Crippen LogP contribution >= 0.6 is 0 Å². The Hall–Kier alpha value is -1.31. The minimum Gasteiger partial charge on any atom is -0.484 e. The highest BCUT2D eigenvalue weighted by Gasteiger charge is 2.21. The molecule has 0 aromatic rings. The fraction of sp³-hybridized carbons (Fsp3) is 0.364. The molecule has 0 aromatic carbocycles. The molecule has 2 heteroatoms. The van der Waals surface area contributed by atoms with E-state index in [0.717, 1.165) is 5.90 Å². The predicted octanol–water partition coefficient (Wildman–Crippen LogP) is 2.10. The molecule has 1 aliphatic carbocycles. The van der Waals surface area contributed by atoms with Gasteiger partial charge in [-0.05, 0) is 6.92 Å². The van der Waals surface area contributed by atoms with Gasteiger partial charge in [-0.15, -0.1) is 0 Å². The molecule has 0 N–H and O–H groups in total. The number of rotatable bonds is 0. The molecule has 2 nitrogen and oxygen atoms in total. The smallest absolute Gasteiger partial charge is 0.195 e. The molecule has 0 amide bonds. The van der Waals surface area contributed by atoms with E-state index in [1.54, 1.807) is 7.11 Å². The van der Waals surface area contributed by atoms with Gasteiger partial charge in [0.05, 0.1) is 19.1 Å². The average molecular weight is 175 g/mol. The van der Waals surface area contributed by atoms with Crippen molar-refractivity contribution in [1.82, 2.24) is 0 Å². The van der Waals surface area contributed by atoms with Crippen molar-refractivity contribution in [3.8, 4) is 0 Å². The van der Waals surface area contributed by atoms with Gasteiger partial charge in [-0.25, -0.2) is 4.99 Å². The van der Waals surface area contributed by atoms with Crippen molar-refractivity contribution in [2.75, 3.05) is 7.11 Å². The Balaban J connectivity index is 2.43. The topological polar surface area (TPSA) is 21.6 Å². The molecule has 13 heavy (non-hydrogen) atoms. The van der Waals surface area contributed by atoms with Crippen molar-refractivity contribution in [2.45, 2.75) is 13.0 Å². The number of ether oxygens (including phenoxy) is 1. The highest BCUT2D eigenvalue weighted by Crippen LogP contribution is 2.23. The molecule has 2 bridgehead atoms. The van der Waals surface area contributed by atoms with E-state index >= 15 is 0 Å². The van der Waals surface area contributed by atoms with E-state index in [1.807, 2.05) is 0 Å². The van der Waals surface area contributed by atoms with Gasteiger partial charge in [0.25, 0.3) is 0 Å². The molecular formula is C11H13NO. The van der Waals surface area contributed by atoms with Gasteiger partial charge in [0, 0.05) is 0 Å². The van der Waals surface area contributed by atoms with E-state index in [2.05, 4.69) is 42.3 Å². The number of dihydropyridines is 1. The largest absolute Gasteiger partial charge is 0.484 e. The zero-order valence-electron chi connectivity index (χ0n) is 7.90. The first kappa shape index (κ1) is 8.30. The molecule has 0 fully saturated rings. The molecule has 0 saturated heterocycles. The Labute approximate surface area is 78.3 Å². The molecule has 68 valence electrons. The van der Waals surface area contributed by atoms with E-state index in [-0.39, 0.29) is 12.0 Å². The van der Waals surface area contributed by atoms with Gasteiger partial charge in [0.2, 0.25) is 0 Å². The lowest BCUT2D eigenvalue weighted by atomic mass is 9.94. The lowest BCUT2D eigenvalue weighted by Gasteiger charge is -2.22. The third kappa shape index (κ3) is 1.44. The van der Waals surface area contributed by atoms with Gasteiger partial charge in [-0.2, -0.15) is 0 Å². The van der Waals surface area contributed by atoms with Crippen molar-refractivity contribution < 1.29 is 4.74 Å². The van der Waals surface area contributed by atoms with E-state index in [1.165, 1.54) is 5.57 Å². The summed E-state index contributed by atoms with van der Waals surface area (Å²) >= 11 is 0. The third-order valence-electron chi connectivity index (χ3n) is 2.41. The number of fused-ring (bicyclic) bond motifs is 1. The molecule has 2 atom stereocenters. The zero-order valence-corrected chi connectivity index (χ0v) is 7.90. The van der Waals surface area contributed by atoms with Gasteiger partial charge in [0.1, 0.15) is 0 Å². The summed E-state index contributed by atoms with van der Waals surface area (Å²) in [6.07, 6.45) is 10.5. The zero-order chi connectivity index (χ0) is 9.26. The van der Waals surface area contributed by atoms with Gasteiger partial charge in [-0.1, -0.05) is 36.0 Å². The van der Waals surface area contributed by atoms with Crippen LogP contribution in [-0.2, 0) is 4.74 Å². The first-order chi connectivity index (χ1) is 6.31. The summed E-state index contributed by atoms with van der Waals surface area (Å²) in [6, 6.07) is 0.163. The predicted molar refractivity (Wildman–Crippen MR) is 53.8 cm³/mol. The van der Waals surface area contributed by atoms with Crippen LogP contribution in [0.5, 0.6) is 0 Å². The Morgan fingerprint density at radius 2 is 2.15 bits per heavy atom. The number of hydrogen-bond acceptors (Lipinski definition) is 2. The van der Waals surface area contributed by atoms with E-state index in [0.29, 0.717) is 0 Å². The maximum Gasteiger partial charge on any atom is 0.195 e. The Kier molecular flexibility index (Phi) is 2.05. The lowest BCUT2D eigenvalue weighted by Crippen LogP contribution is -2.23. The fourth-order valence-electron chi connectivity index (χ4n) is 1.64. The summed E-state index contributed by atoms with van der Waals surface area (Å²) in [4.78, 5) is 4.45. The van der Waals surface area contributed by atoms with E-state index in [4.69, 9.17) is 4.74 Å². The van der Waals surface area contributed by atoms with Gasteiger partial charge in [0.15, 0.2) is 5.90 Å². The van der Waals surface area contributed by atoms with Crippen molar-refractivity contribution in [1.29, 1.82) is 0 Å². The van der Waals surface area contributed by atoms with Crippen molar-refractivity contribution in [3.63, 3.8) is 0 Å². The van der Waals surface area contributed by atoms with E-state index < -0.39 is 0 Å². The number of methoxy groups -OCH3 is 1. The van der Waals surface area contributed by atoms with Crippen LogP contribution < -0.4 is 0 Å². The fourth-order valence-corrected chi connectivity index (χ4v) is 1.64. The van der Waals surface area contributed by atoms with Crippen LogP contribution in [0.3, 0.4) is 0 Å². The van der Waals surface area contributed by atoms with Crippen LogP contribution in [0.15, 0.2) is 40.9 Å². The highest BCUT2D eigenvalue weighted by molar-refractivity contribution is 5.85. The summed E-state index contributed by atoms with van der Waals surface area (Å²) in [5.74, 6) is 1.07. The number of allylic oxidation sites excluding steroid dienone is 2. The molecule has 3 aliphatic rings. The van der Waals surface area contributed by atoms with Gasteiger partial charge in [-0.3, -0.25) is 0 Å². The molecule has 2 aliphatic heterocycles. The third-order valence-corrected chi connectivity index (χ3v) is 2.41. The minimum absolute atomic E-state index is 0.163. The van der Waals surface area contributed by atoms with E-state index in [9.17, 15) is 0 Å². The van der Waals surface area contributed by atoms with Crippen LogP contribution in [0.25, 0.3) is 0 Å². The SMILES string of the molecule is COC1=NC2C=CC1/C(C)=C\C=C/2. The summed E-state index contributed by atoms with van der Waals surface area (Å²) in [5, 5.41) is 0. The number of hydrogen-bond donors (Lipinski definition) is 0. The molecule has 3 rings (SSSR count). The van der Waals surface area contributed by atoms with Crippen molar-refractivity contribution >= 4 is 5.90 Å². The van der Waals surface area contributed by atoms with Crippen LogP contribution in [-0.4, -0.2) is 19.0 Å². The van der Waals surface area contributed by atoms with Crippen molar-refractivity contribution in [2.24, 2.45) is 10.9 Å². The second kappa shape index (κ2) is 3.21. The Morgan fingerprint density at radius 1 is 1.31 bits per heavy atom. The maximum absolute atomic E-state index is 5.26. The van der Waals surface area contributed by atoms with Crippen LogP contribution in [0, 0.1) is 5.92 Å². The normalized spacial score (nSPS) is 37.1. The molecule has 0 spiro atoms. The highest BCUT2D eigenvalue weighted by atomic mass is 16.5. The summed E-state index contributed by atoms with van der Waals surface area (Å²) in [7, 11) is 1.68. The molecule has 2 unspecified atom stereocenters. The summed E-state index contributed by atoms with van der Waals surface area (Å²) in [6.45, 7) is 2.10. The molecule has 0 saturated carbocycles. The lowest BCUT2D eigenvalue weighted by molar-refractivity contribution is 0.378. The minimum atomic E-state index is 0.163. The summed E-state index contributed by atoms with van der Waals surface area (Å²) in [5.41, 5.74) is 1.27. The quantitative estimate of drug-likeness (QED) is 0.517. The second-order valence-electron chi connectivity index (χ2n) is 3.32. The van der Waals surface area contributed by atoms with Crippen LogP contribution in [0.1, 0.15) is 6.92 Å². The molecule has 0 radical (unpaired) electrons. The van der Waals surface area contributed by atoms with Gasteiger partial charge >= 0.3 is 0 Å². The first-order valence-electron chi connectivity index (χ1n) is 4.46. The maximum atomic E-state index is 5.26. The van der Waals surface area contributed by atoms with Crippen molar-refractivity contribution in [3.05, 3.63) is 36.0 Å². The Bertz CT molecular complexity index is 323. The van der Waals surface area contributed by atoms with Gasteiger partial charge < -0.3 is 4.74 Å². The second-order valence-corrected chi connectivity index (χ2v) is 3.32. The molecule has 2 heterocycles. The monoisotopic (exact) mass is 175 g/mol. The standard InChI is InChI=1S/C11H13NO/c1-8-4-3-5-9-6-7-10(8)11(12-9)13-2/h3-7,9-10H,1-2H3/b5-3-,8-4-. The summed E-state index contributed by atoms with van der Waals surface area (Å²) < 4.78 is 5.26. The Morgan fingerprint density at radius 3 is 2.92 bits per heavy atom. The number of nitrogens with zero attached hydrogens (tertiary/aromatic N) is 1.